The summed E-state index contributed by atoms with van der Waals surface area (Å²) in [4.78, 5) is 57.0. The number of aromatic amines is 1. The van der Waals surface area contributed by atoms with Crippen LogP contribution in [0.2, 0.25) is 0 Å². The molecule has 1 aromatic heterocycles. The van der Waals surface area contributed by atoms with Gasteiger partial charge in [-0.1, -0.05) is 30.3 Å². The number of likely N-dealkylation sites (N-methyl/N-ethyl adjacent to an activating group) is 1. The second-order valence-corrected chi connectivity index (χ2v) is 7.48. The van der Waals surface area contributed by atoms with Gasteiger partial charge in [-0.25, -0.2) is 4.79 Å². The van der Waals surface area contributed by atoms with Gasteiger partial charge in [0.15, 0.2) is 0 Å². The molecular formula is C21H22N4O4. The Morgan fingerprint density at radius 1 is 1.07 bits per heavy atom. The van der Waals surface area contributed by atoms with E-state index < -0.39 is 5.54 Å². The van der Waals surface area contributed by atoms with Crippen LogP contribution in [0.4, 0.5) is 4.79 Å². The van der Waals surface area contributed by atoms with E-state index in [1.807, 2.05) is 30.3 Å². The van der Waals surface area contributed by atoms with E-state index in [-0.39, 0.29) is 23.4 Å². The van der Waals surface area contributed by atoms with Crippen molar-refractivity contribution in [3.05, 3.63) is 70.1 Å². The molecule has 1 aromatic carbocycles. The summed E-state index contributed by atoms with van der Waals surface area (Å²) in [6.45, 7) is 1.02. The molecule has 2 aliphatic heterocycles. The number of hydrogen-bond donors (Lipinski definition) is 1. The number of pyridine rings is 1. The number of urea groups is 1. The highest BCUT2D eigenvalue weighted by Gasteiger charge is 2.57. The number of carbonyl (C=O) groups excluding carboxylic acids is 3. The lowest BCUT2D eigenvalue weighted by Crippen LogP contribution is -2.57. The Hall–Kier alpha value is -3.42. The number of rotatable bonds is 3. The van der Waals surface area contributed by atoms with E-state index in [0.29, 0.717) is 38.0 Å². The molecule has 0 unspecified atom stereocenters. The monoisotopic (exact) mass is 394 g/mol. The molecule has 4 rings (SSSR count). The average Bonchev–Trinajstić information content (AvgIpc) is 2.91. The first-order valence-electron chi connectivity index (χ1n) is 9.54. The maximum atomic E-state index is 13.0. The number of nitrogens with zero attached hydrogens (tertiary/aromatic N) is 3. The van der Waals surface area contributed by atoms with Gasteiger partial charge in [0.05, 0.1) is 0 Å². The number of carbonyl (C=O) groups is 3. The number of amides is 4. The molecule has 8 nitrogen and oxygen atoms in total. The summed E-state index contributed by atoms with van der Waals surface area (Å²) in [6.07, 6.45) is 2.17. The summed E-state index contributed by atoms with van der Waals surface area (Å²) < 4.78 is 0. The van der Waals surface area contributed by atoms with Crippen LogP contribution in [0.25, 0.3) is 0 Å². The normalized spacial score (nSPS) is 18.6. The number of aromatic nitrogens is 1. The van der Waals surface area contributed by atoms with Crippen LogP contribution in [-0.2, 0) is 11.3 Å². The number of nitrogens with one attached hydrogen (secondary N) is 1. The molecule has 2 aromatic rings. The first kappa shape index (κ1) is 18.9. The van der Waals surface area contributed by atoms with Gasteiger partial charge in [0.25, 0.3) is 11.8 Å². The van der Waals surface area contributed by atoms with Crippen molar-refractivity contribution in [2.24, 2.45) is 0 Å². The molecule has 0 aliphatic carbocycles. The topological polar surface area (TPSA) is 93.8 Å². The molecule has 8 heteroatoms. The van der Waals surface area contributed by atoms with Crippen molar-refractivity contribution >= 4 is 17.8 Å². The molecule has 150 valence electrons. The highest BCUT2D eigenvalue weighted by Crippen LogP contribution is 2.38. The van der Waals surface area contributed by atoms with Crippen LogP contribution in [0.15, 0.2) is 53.5 Å². The van der Waals surface area contributed by atoms with Crippen molar-refractivity contribution in [3.63, 3.8) is 0 Å². The molecule has 2 saturated heterocycles. The predicted molar refractivity (Wildman–Crippen MR) is 105 cm³/mol. The van der Waals surface area contributed by atoms with Gasteiger partial charge in [0, 0.05) is 44.5 Å². The molecule has 0 saturated carbocycles. The van der Waals surface area contributed by atoms with E-state index in [1.165, 1.54) is 24.2 Å². The van der Waals surface area contributed by atoms with Crippen LogP contribution >= 0.6 is 0 Å². The van der Waals surface area contributed by atoms with Gasteiger partial charge in [-0.3, -0.25) is 19.3 Å². The van der Waals surface area contributed by atoms with E-state index in [2.05, 4.69) is 4.98 Å². The number of benzene rings is 1. The molecule has 4 amide bonds. The third-order valence-electron chi connectivity index (χ3n) is 5.82. The SMILES string of the molecule is CN1C(=O)N(Cc2ccccc2)C2(CCN(C(=O)c3cc[nH]c(=O)c3)CC2)C1=O. The molecule has 29 heavy (non-hydrogen) atoms. The first-order chi connectivity index (χ1) is 13.9. The Morgan fingerprint density at radius 2 is 1.76 bits per heavy atom. The van der Waals surface area contributed by atoms with Crippen LogP contribution in [0.3, 0.4) is 0 Å². The van der Waals surface area contributed by atoms with E-state index >= 15 is 0 Å². The van der Waals surface area contributed by atoms with Crippen LogP contribution in [0.1, 0.15) is 28.8 Å². The van der Waals surface area contributed by atoms with E-state index in [4.69, 9.17) is 0 Å². The largest absolute Gasteiger partial charge is 0.338 e. The molecule has 1 spiro atoms. The highest BCUT2D eigenvalue weighted by atomic mass is 16.2. The molecule has 2 fully saturated rings. The fourth-order valence-corrected chi connectivity index (χ4v) is 4.19. The van der Waals surface area contributed by atoms with Crippen molar-refractivity contribution in [3.8, 4) is 0 Å². The van der Waals surface area contributed by atoms with Gasteiger partial charge in [0.2, 0.25) is 5.56 Å². The zero-order chi connectivity index (χ0) is 20.6. The summed E-state index contributed by atoms with van der Waals surface area (Å²) >= 11 is 0. The second kappa shape index (κ2) is 7.20. The molecular weight excluding hydrogens is 372 g/mol. The lowest BCUT2D eigenvalue weighted by molar-refractivity contribution is -0.134. The van der Waals surface area contributed by atoms with Gasteiger partial charge in [-0.05, 0) is 24.5 Å². The van der Waals surface area contributed by atoms with Crippen molar-refractivity contribution in [1.29, 1.82) is 0 Å². The Bertz CT molecular complexity index is 1010. The maximum Gasteiger partial charge on any atom is 0.327 e. The van der Waals surface area contributed by atoms with Gasteiger partial charge in [-0.2, -0.15) is 0 Å². The highest BCUT2D eigenvalue weighted by molar-refractivity contribution is 6.07. The average molecular weight is 394 g/mol. The van der Waals surface area contributed by atoms with Crippen molar-refractivity contribution in [2.75, 3.05) is 20.1 Å². The zero-order valence-corrected chi connectivity index (χ0v) is 16.1. The number of hydrogen-bond acceptors (Lipinski definition) is 4. The number of likely N-dealkylation sites (tertiary alicyclic amines) is 1. The summed E-state index contributed by atoms with van der Waals surface area (Å²) in [5.74, 6) is -0.465. The third kappa shape index (κ3) is 3.20. The fourth-order valence-electron chi connectivity index (χ4n) is 4.19. The molecule has 3 heterocycles. The molecule has 1 N–H and O–H groups in total. The zero-order valence-electron chi connectivity index (χ0n) is 16.1. The summed E-state index contributed by atoms with van der Waals surface area (Å²) in [7, 11) is 1.51. The minimum atomic E-state index is -0.938. The molecule has 2 aliphatic rings. The summed E-state index contributed by atoms with van der Waals surface area (Å²) in [5.41, 5.74) is -0.00854. The number of piperidine rings is 1. The predicted octanol–water partition coefficient (Wildman–Crippen LogP) is 1.44. The Morgan fingerprint density at radius 3 is 2.41 bits per heavy atom. The van der Waals surface area contributed by atoms with E-state index in [0.717, 1.165) is 5.56 Å². The second-order valence-electron chi connectivity index (χ2n) is 7.48. The van der Waals surface area contributed by atoms with Crippen LogP contribution in [0.5, 0.6) is 0 Å². The van der Waals surface area contributed by atoms with Crippen molar-refractivity contribution in [2.45, 2.75) is 24.9 Å². The minimum Gasteiger partial charge on any atom is -0.338 e. The molecule has 0 bridgehead atoms. The standard InChI is InChI=1S/C21H22N4O4/c1-23-19(28)21(25(20(23)29)14-15-5-3-2-4-6-15)8-11-24(12-9-21)18(27)16-7-10-22-17(26)13-16/h2-7,10,13H,8-9,11-12,14H2,1H3,(H,22,26). The van der Waals surface area contributed by atoms with Crippen LogP contribution in [-0.4, -0.2) is 63.2 Å². The molecule has 0 radical (unpaired) electrons. The summed E-state index contributed by atoms with van der Waals surface area (Å²) in [6, 6.07) is 12.1. The maximum absolute atomic E-state index is 13.0. The molecule has 0 atom stereocenters. The van der Waals surface area contributed by atoms with Crippen molar-refractivity contribution in [1.82, 2.24) is 19.7 Å². The Labute approximate surface area is 167 Å². The first-order valence-corrected chi connectivity index (χ1v) is 9.54. The van der Waals surface area contributed by atoms with E-state index in [9.17, 15) is 19.2 Å². The smallest absolute Gasteiger partial charge is 0.327 e. The minimum absolute atomic E-state index is 0.221. The Kier molecular flexibility index (Phi) is 4.70. The summed E-state index contributed by atoms with van der Waals surface area (Å²) in [5, 5.41) is 0. The van der Waals surface area contributed by atoms with Crippen molar-refractivity contribution < 1.29 is 14.4 Å². The quantitative estimate of drug-likeness (QED) is 0.798. The van der Waals surface area contributed by atoms with Gasteiger partial charge in [0.1, 0.15) is 5.54 Å². The van der Waals surface area contributed by atoms with Crippen LogP contribution in [0, 0.1) is 0 Å². The van der Waals surface area contributed by atoms with Gasteiger partial charge < -0.3 is 14.8 Å². The van der Waals surface area contributed by atoms with E-state index in [1.54, 1.807) is 15.9 Å². The van der Waals surface area contributed by atoms with Crippen LogP contribution < -0.4 is 5.56 Å². The number of H-pyrrole nitrogens is 1. The van der Waals surface area contributed by atoms with Gasteiger partial charge >= 0.3 is 6.03 Å². The lowest BCUT2D eigenvalue weighted by atomic mass is 9.85. The lowest BCUT2D eigenvalue weighted by Gasteiger charge is -2.42. The number of imide groups is 1. The third-order valence-corrected chi connectivity index (χ3v) is 5.82. The van der Waals surface area contributed by atoms with Gasteiger partial charge in [-0.15, -0.1) is 0 Å². The Balaban J connectivity index is 1.55. The fraction of sp³-hybridized carbons (Fsp3) is 0.333.